The summed E-state index contributed by atoms with van der Waals surface area (Å²) in [6.07, 6.45) is 4.31. The second-order valence-electron chi connectivity index (χ2n) is 3.81. The SMILES string of the molecule is NCC1CN(C2CCC2)CCS1. The summed E-state index contributed by atoms with van der Waals surface area (Å²) >= 11 is 2.05. The summed E-state index contributed by atoms with van der Waals surface area (Å²) in [5, 5.41) is 0.708. The van der Waals surface area contributed by atoms with E-state index in [4.69, 9.17) is 5.73 Å². The Labute approximate surface area is 78.9 Å². The van der Waals surface area contributed by atoms with E-state index >= 15 is 0 Å². The van der Waals surface area contributed by atoms with E-state index in [0.717, 1.165) is 12.6 Å². The molecule has 12 heavy (non-hydrogen) atoms. The van der Waals surface area contributed by atoms with Gasteiger partial charge in [0.25, 0.3) is 0 Å². The van der Waals surface area contributed by atoms with Gasteiger partial charge in [-0.3, -0.25) is 4.90 Å². The van der Waals surface area contributed by atoms with Crippen LogP contribution in [0.3, 0.4) is 0 Å². The molecule has 1 unspecified atom stereocenters. The van der Waals surface area contributed by atoms with E-state index in [1.807, 2.05) is 0 Å². The lowest BCUT2D eigenvalue weighted by atomic mass is 9.91. The topological polar surface area (TPSA) is 29.3 Å². The van der Waals surface area contributed by atoms with Crippen molar-refractivity contribution in [2.24, 2.45) is 5.73 Å². The third-order valence-electron chi connectivity index (χ3n) is 3.02. The molecule has 0 bridgehead atoms. The Morgan fingerprint density at radius 2 is 2.25 bits per heavy atom. The molecule has 2 N–H and O–H groups in total. The number of hydrogen-bond donors (Lipinski definition) is 1. The summed E-state index contributed by atoms with van der Waals surface area (Å²) in [7, 11) is 0. The van der Waals surface area contributed by atoms with Gasteiger partial charge in [-0.1, -0.05) is 6.42 Å². The average molecular weight is 186 g/mol. The molecule has 2 fully saturated rings. The van der Waals surface area contributed by atoms with Crippen LogP contribution in [0.4, 0.5) is 0 Å². The minimum Gasteiger partial charge on any atom is -0.329 e. The van der Waals surface area contributed by atoms with Gasteiger partial charge in [0.15, 0.2) is 0 Å². The van der Waals surface area contributed by atoms with Crippen LogP contribution in [-0.2, 0) is 0 Å². The van der Waals surface area contributed by atoms with Crippen molar-refractivity contribution in [3.63, 3.8) is 0 Å². The van der Waals surface area contributed by atoms with Gasteiger partial charge in [-0.25, -0.2) is 0 Å². The fraction of sp³-hybridized carbons (Fsp3) is 1.00. The maximum absolute atomic E-state index is 5.68. The van der Waals surface area contributed by atoms with Crippen molar-refractivity contribution >= 4 is 11.8 Å². The first kappa shape index (κ1) is 8.85. The Balaban J connectivity index is 1.81. The van der Waals surface area contributed by atoms with E-state index in [2.05, 4.69) is 16.7 Å². The molecule has 1 saturated carbocycles. The zero-order chi connectivity index (χ0) is 8.39. The summed E-state index contributed by atoms with van der Waals surface area (Å²) in [5.74, 6) is 1.29. The first-order chi connectivity index (χ1) is 5.90. The standard InChI is InChI=1S/C9H18N2S/c10-6-9-7-11(4-5-12-9)8-2-1-3-8/h8-9H,1-7,10H2. The van der Waals surface area contributed by atoms with E-state index in [1.165, 1.54) is 38.1 Å². The van der Waals surface area contributed by atoms with Crippen LogP contribution in [0.5, 0.6) is 0 Å². The molecule has 0 aromatic rings. The van der Waals surface area contributed by atoms with Gasteiger partial charge in [0.2, 0.25) is 0 Å². The highest BCUT2D eigenvalue weighted by Crippen LogP contribution is 2.28. The molecule has 0 aromatic carbocycles. The molecule has 70 valence electrons. The summed E-state index contributed by atoms with van der Waals surface area (Å²) < 4.78 is 0. The van der Waals surface area contributed by atoms with E-state index in [0.29, 0.717) is 5.25 Å². The molecule has 2 nitrogen and oxygen atoms in total. The van der Waals surface area contributed by atoms with Gasteiger partial charge < -0.3 is 5.73 Å². The van der Waals surface area contributed by atoms with E-state index < -0.39 is 0 Å². The summed E-state index contributed by atoms with van der Waals surface area (Å²) in [6, 6.07) is 0.917. The van der Waals surface area contributed by atoms with Crippen molar-refractivity contribution in [2.45, 2.75) is 30.6 Å². The minimum absolute atomic E-state index is 0.708. The van der Waals surface area contributed by atoms with Gasteiger partial charge in [-0.15, -0.1) is 0 Å². The summed E-state index contributed by atoms with van der Waals surface area (Å²) in [4.78, 5) is 2.65. The lowest BCUT2D eigenvalue weighted by Gasteiger charge is -2.41. The van der Waals surface area contributed by atoms with E-state index in [1.54, 1.807) is 0 Å². The third kappa shape index (κ3) is 1.78. The Morgan fingerprint density at radius 1 is 1.42 bits per heavy atom. The van der Waals surface area contributed by atoms with Gasteiger partial charge in [-0.2, -0.15) is 11.8 Å². The van der Waals surface area contributed by atoms with Crippen LogP contribution in [0.15, 0.2) is 0 Å². The van der Waals surface area contributed by atoms with Crippen molar-refractivity contribution in [1.29, 1.82) is 0 Å². The van der Waals surface area contributed by atoms with Crippen LogP contribution < -0.4 is 5.73 Å². The van der Waals surface area contributed by atoms with E-state index in [9.17, 15) is 0 Å². The van der Waals surface area contributed by atoms with Crippen molar-refractivity contribution in [3.05, 3.63) is 0 Å². The first-order valence-electron chi connectivity index (χ1n) is 4.96. The first-order valence-corrected chi connectivity index (χ1v) is 6.01. The average Bonchev–Trinajstić information content (AvgIpc) is 2.02. The quantitative estimate of drug-likeness (QED) is 0.695. The van der Waals surface area contributed by atoms with Crippen LogP contribution in [-0.4, -0.2) is 41.6 Å². The van der Waals surface area contributed by atoms with Gasteiger partial charge >= 0.3 is 0 Å². The number of thioether (sulfide) groups is 1. The molecule has 0 radical (unpaired) electrons. The molecule has 3 heteroatoms. The van der Waals surface area contributed by atoms with Crippen molar-refractivity contribution in [3.8, 4) is 0 Å². The van der Waals surface area contributed by atoms with Crippen LogP contribution in [0, 0.1) is 0 Å². The van der Waals surface area contributed by atoms with Crippen LogP contribution in [0.1, 0.15) is 19.3 Å². The van der Waals surface area contributed by atoms with Gasteiger partial charge in [0.1, 0.15) is 0 Å². The smallest absolute Gasteiger partial charge is 0.0298 e. The molecular weight excluding hydrogens is 168 g/mol. The fourth-order valence-electron chi connectivity index (χ4n) is 1.97. The highest BCUT2D eigenvalue weighted by molar-refractivity contribution is 8.00. The number of nitrogens with zero attached hydrogens (tertiary/aromatic N) is 1. The van der Waals surface area contributed by atoms with Crippen LogP contribution in [0.2, 0.25) is 0 Å². The van der Waals surface area contributed by atoms with Gasteiger partial charge in [0.05, 0.1) is 0 Å². The normalized spacial score (nSPS) is 33.2. The zero-order valence-corrected chi connectivity index (χ0v) is 8.35. The molecular formula is C9H18N2S. The Kier molecular flexibility index (Phi) is 2.94. The largest absolute Gasteiger partial charge is 0.329 e. The highest BCUT2D eigenvalue weighted by Gasteiger charge is 2.28. The van der Waals surface area contributed by atoms with Crippen molar-refractivity contribution < 1.29 is 0 Å². The molecule has 1 aliphatic heterocycles. The highest BCUT2D eigenvalue weighted by atomic mass is 32.2. The number of nitrogens with two attached hydrogens (primary N) is 1. The predicted molar refractivity (Wildman–Crippen MR) is 54.5 cm³/mol. The monoisotopic (exact) mass is 186 g/mol. The molecule has 0 aromatic heterocycles. The second kappa shape index (κ2) is 3.99. The van der Waals surface area contributed by atoms with Crippen molar-refractivity contribution in [1.82, 2.24) is 4.90 Å². The number of rotatable bonds is 2. The lowest BCUT2D eigenvalue weighted by molar-refractivity contribution is 0.132. The molecule has 2 rings (SSSR count). The second-order valence-corrected chi connectivity index (χ2v) is 5.22. The third-order valence-corrected chi connectivity index (χ3v) is 4.26. The summed E-state index contributed by atoms with van der Waals surface area (Å²) in [6.45, 7) is 3.39. The molecule has 0 amide bonds. The Morgan fingerprint density at radius 3 is 2.83 bits per heavy atom. The molecule has 1 aliphatic carbocycles. The molecule has 2 aliphatic rings. The molecule has 1 saturated heterocycles. The van der Waals surface area contributed by atoms with Crippen molar-refractivity contribution in [2.75, 3.05) is 25.4 Å². The van der Waals surface area contributed by atoms with E-state index in [-0.39, 0.29) is 0 Å². The fourth-order valence-corrected chi connectivity index (χ4v) is 3.07. The van der Waals surface area contributed by atoms with Crippen LogP contribution in [0.25, 0.3) is 0 Å². The number of hydrogen-bond acceptors (Lipinski definition) is 3. The Hall–Kier alpha value is 0.270. The van der Waals surface area contributed by atoms with Gasteiger partial charge in [0, 0.05) is 36.7 Å². The molecule has 0 spiro atoms. The maximum Gasteiger partial charge on any atom is 0.0298 e. The van der Waals surface area contributed by atoms with Gasteiger partial charge in [-0.05, 0) is 12.8 Å². The molecule has 1 atom stereocenters. The predicted octanol–water partition coefficient (Wildman–Crippen LogP) is 0.915. The molecule has 1 heterocycles. The Bertz CT molecular complexity index is 147. The lowest BCUT2D eigenvalue weighted by Crippen LogP contribution is -2.48. The maximum atomic E-state index is 5.68. The zero-order valence-electron chi connectivity index (χ0n) is 7.54. The minimum atomic E-state index is 0.708. The summed E-state index contributed by atoms with van der Waals surface area (Å²) in [5.41, 5.74) is 5.68. The van der Waals surface area contributed by atoms with Crippen LogP contribution >= 0.6 is 11.8 Å².